The van der Waals surface area contributed by atoms with Gasteiger partial charge in [0, 0.05) is 6.42 Å². The highest BCUT2D eigenvalue weighted by Crippen LogP contribution is 2.01. The van der Waals surface area contributed by atoms with Crippen LogP contribution in [0.25, 0.3) is 0 Å². The molecule has 0 aromatic rings. The molecule has 1 aliphatic rings. The fourth-order valence-corrected chi connectivity index (χ4v) is 0.790. The summed E-state index contributed by atoms with van der Waals surface area (Å²) < 4.78 is 4.45. The summed E-state index contributed by atoms with van der Waals surface area (Å²) in [5, 5.41) is 7.52. The number of methoxy groups -OCH3 is 1. The predicted octanol–water partition coefficient (Wildman–Crippen LogP) is 1.11. The van der Waals surface area contributed by atoms with Gasteiger partial charge in [-0.3, -0.25) is 0 Å². The lowest BCUT2D eigenvalue weighted by Gasteiger charge is -1.93. The molecule has 0 N–H and O–H groups in total. The SMILES string of the molecule is COC(=O)C1=NN=C(Cl)CC=C1. The molecule has 12 heavy (non-hydrogen) atoms. The first-order valence-electron chi connectivity index (χ1n) is 3.29. The second-order valence-electron chi connectivity index (χ2n) is 2.06. The molecule has 0 atom stereocenters. The predicted molar refractivity (Wildman–Crippen MR) is 46.5 cm³/mol. The summed E-state index contributed by atoms with van der Waals surface area (Å²) in [5.41, 5.74) is 0.160. The van der Waals surface area contributed by atoms with Gasteiger partial charge in [0.05, 0.1) is 7.11 Å². The van der Waals surface area contributed by atoms with E-state index in [-0.39, 0.29) is 5.71 Å². The van der Waals surface area contributed by atoms with Crippen molar-refractivity contribution in [3.05, 3.63) is 12.2 Å². The van der Waals surface area contributed by atoms with E-state index in [1.807, 2.05) is 0 Å². The quantitative estimate of drug-likeness (QED) is 0.576. The molecule has 0 aromatic carbocycles. The number of esters is 1. The number of ether oxygens (including phenoxy) is 1. The van der Waals surface area contributed by atoms with Gasteiger partial charge in [0.15, 0.2) is 5.71 Å². The summed E-state index contributed by atoms with van der Waals surface area (Å²) in [5.74, 6) is -0.513. The highest BCUT2D eigenvalue weighted by atomic mass is 35.5. The van der Waals surface area contributed by atoms with E-state index in [1.165, 1.54) is 13.2 Å². The molecule has 64 valence electrons. The lowest BCUT2D eigenvalue weighted by atomic mass is 10.3. The van der Waals surface area contributed by atoms with Gasteiger partial charge in [0.2, 0.25) is 0 Å². The molecule has 0 radical (unpaired) electrons. The molecule has 0 aromatic heterocycles. The Balaban J connectivity index is 2.84. The van der Waals surface area contributed by atoms with Crippen LogP contribution < -0.4 is 0 Å². The van der Waals surface area contributed by atoms with Gasteiger partial charge in [-0.05, 0) is 6.08 Å². The van der Waals surface area contributed by atoms with Gasteiger partial charge < -0.3 is 4.74 Å². The van der Waals surface area contributed by atoms with Crippen LogP contribution in [0.4, 0.5) is 0 Å². The Hall–Kier alpha value is -1.16. The summed E-state index contributed by atoms with van der Waals surface area (Å²) >= 11 is 5.57. The van der Waals surface area contributed by atoms with Crippen molar-refractivity contribution in [1.82, 2.24) is 0 Å². The number of halogens is 1. The van der Waals surface area contributed by atoms with Crippen molar-refractivity contribution in [3.8, 4) is 0 Å². The van der Waals surface area contributed by atoms with Gasteiger partial charge in [0.1, 0.15) is 5.17 Å². The highest BCUT2D eigenvalue weighted by Gasteiger charge is 2.09. The van der Waals surface area contributed by atoms with Gasteiger partial charge >= 0.3 is 5.97 Å². The molecule has 5 heteroatoms. The number of carbonyl (C=O) groups excluding carboxylic acids is 1. The molecule has 0 saturated carbocycles. The van der Waals surface area contributed by atoms with E-state index in [2.05, 4.69) is 14.9 Å². The second kappa shape index (κ2) is 4.01. The number of carbonyl (C=O) groups is 1. The van der Waals surface area contributed by atoms with Gasteiger partial charge in [-0.25, -0.2) is 4.79 Å². The van der Waals surface area contributed by atoms with Gasteiger partial charge in [-0.15, -0.1) is 10.2 Å². The van der Waals surface area contributed by atoms with Crippen LogP contribution in [0.1, 0.15) is 6.42 Å². The Labute approximate surface area is 74.6 Å². The summed E-state index contributed by atoms with van der Waals surface area (Å²) in [7, 11) is 1.29. The first-order valence-corrected chi connectivity index (χ1v) is 3.66. The third-order valence-electron chi connectivity index (χ3n) is 1.22. The Morgan fingerprint density at radius 1 is 1.67 bits per heavy atom. The third-order valence-corrected chi connectivity index (χ3v) is 1.45. The van der Waals surface area contributed by atoms with E-state index in [0.717, 1.165) is 0 Å². The number of hydrogen-bond acceptors (Lipinski definition) is 4. The topological polar surface area (TPSA) is 51.0 Å². The van der Waals surface area contributed by atoms with Crippen molar-refractivity contribution in [2.45, 2.75) is 6.42 Å². The summed E-state index contributed by atoms with van der Waals surface area (Å²) in [6, 6.07) is 0. The van der Waals surface area contributed by atoms with Crippen molar-refractivity contribution >= 4 is 28.5 Å². The van der Waals surface area contributed by atoms with E-state index in [1.54, 1.807) is 6.08 Å². The zero-order valence-corrected chi connectivity index (χ0v) is 7.21. The van der Waals surface area contributed by atoms with Crippen LogP contribution in [-0.2, 0) is 9.53 Å². The number of rotatable bonds is 1. The number of hydrogen-bond donors (Lipinski definition) is 0. The second-order valence-corrected chi connectivity index (χ2v) is 2.50. The van der Waals surface area contributed by atoms with Crippen LogP contribution in [0.2, 0.25) is 0 Å². The van der Waals surface area contributed by atoms with Crippen molar-refractivity contribution in [3.63, 3.8) is 0 Å². The summed E-state index contributed by atoms with van der Waals surface area (Å²) in [6.45, 7) is 0. The minimum atomic E-state index is -0.513. The highest BCUT2D eigenvalue weighted by molar-refractivity contribution is 6.65. The van der Waals surface area contributed by atoms with Crippen molar-refractivity contribution in [2.24, 2.45) is 10.2 Å². The molecule has 0 aliphatic carbocycles. The fraction of sp³-hybridized carbons (Fsp3) is 0.286. The minimum Gasteiger partial charge on any atom is -0.464 e. The molecule has 0 bridgehead atoms. The maximum absolute atomic E-state index is 10.9. The molecular formula is C7H7ClN2O2. The van der Waals surface area contributed by atoms with Crippen LogP contribution in [0.15, 0.2) is 22.4 Å². The molecule has 0 unspecified atom stereocenters. The van der Waals surface area contributed by atoms with E-state index in [0.29, 0.717) is 11.6 Å². The standard InChI is InChI=1S/C7H7ClN2O2/c1-12-7(11)5-3-2-4-6(8)10-9-5/h2-3H,4H2,1H3. The molecular weight excluding hydrogens is 180 g/mol. The van der Waals surface area contributed by atoms with Gasteiger partial charge in [-0.2, -0.15) is 0 Å². The van der Waals surface area contributed by atoms with Crippen molar-refractivity contribution < 1.29 is 9.53 Å². The van der Waals surface area contributed by atoms with Crippen LogP contribution in [0.5, 0.6) is 0 Å². The Bertz CT molecular complexity index is 281. The Morgan fingerprint density at radius 2 is 2.42 bits per heavy atom. The number of nitrogens with zero attached hydrogens (tertiary/aromatic N) is 2. The molecule has 0 saturated heterocycles. The average Bonchev–Trinajstić information content (AvgIpc) is 2.29. The summed E-state index contributed by atoms with van der Waals surface area (Å²) in [4.78, 5) is 10.9. The fourth-order valence-electron chi connectivity index (χ4n) is 0.664. The smallest absolute Gasteiger partial charge is 0.358 e. The minimum absolute atomic E-state index is 0.160. The zero-order chi connectivity index (χ0) is 8.97. The first kappa shape index (κ1) is 8.93. The molecule has 1 heterocycles. The van der Waals surface area contributed by atoms with E-state index >= 15 is 0 Å². The van der Waals surface area contributed by atoms with Crippen LogP contribution in [0, 0.1) is 0 Å². The van der Waals surface area contributed by atoms with Crippen LogP contribution >= 0.6 is 11.6 Å². The van der Waals surface area contributed by atoms with E-state index in [4.69, 9.17) is 11.6 Å². The maximum Gasteiger partial charge on any atom is 0.358 e. The Morgan fingerprint density at radius 3 is 3.08 bits per heavy atom. The lowest BCUT2D eigenvalue weighted by Crippen LogP contribution is -2.12. The van der Waals surface area contributed by atoms with E-state index < -0.39 is 5.97 Å². The zero-order valence-electron chi connectivity index (χ0n) is 6.45. The maximum atomic E-state index is 10.9. The normalized spacial score (nSPS) is 16.2. The molecule has 1 rings (SSSR count). The molecule has 4 nitrogen and oxygen atoms in total. The van der Waals surface area contributed by atoms with Gasteiger partial charge in [0.25, 0.3) is 0 Å². The average molecular weight is 187 g/mol. The molecule has 0 fully saturated rings. The Kier molecular flexibility index (Phi) is 2.99. The lowest BCUT2D eigenvalue weighted by molar-refractivity contribution is -0.132. The van der Waals surface area contributed by atoms with Crippen molar-refractivity contribution in [1.29, 1.82) is 0 Å². The van der Waals surface area contributed by atoms with E-state index in [9.17, 15) is 4.79 Å². The first-order chi connectivity index (χ1) is 5.74. The monoisotopic (exact) mass is 186 g/mol. The third kappa shape index (κ3) is 2.17. The molecule has 1 aliphatic heterocycles. The molecule has 0 spiro atoms. The van der Waals surface area contributed by atoms with Crippen LogP contribution in [-0.4, -0.2) is 24.0 Å². The summed E-state index contributed by atoms with van der Waals surface area (Å²) in [6.07, 6.45) is 3.73. The largest absolute Gasteiger partial charge is 0.464 e. The van der Waals surface area contributed by atoms with Crippen LogP contribution in [0.3, 0.4) is 0 Å². The molecule has 0 amide bonds. The van der Waals surface area contributed by atoms with Crippen molar-refractivity contribution in [2.75, 3.05) is 7.11 Å². The number of allylic oxidation sites excluding steroid dienone is 1. The van der Waals surface area contributed by atoms with Gasteiger partial charge in [-0.1, -0.05) is 17.7 Å².